The molecule has 5 fully saturated rings. The van der Waals surface area contributed by atoms with Crippen molar-refractivity contribution in [2.24, 2.45) is 23.2 Å². The van der Waals surface area contributed by atoms with Crippen molar-refractivity contribution in [2.75, 3.05) is 19.8 Å². The number of carboxylic acids is 1. The van der Waals surface area contributed by atoms with E-state index in [-0.39, 0.29) is 29.9 Å². The lowest BCUT2D eigenvalue weighted by Gasteiger charge is -2.46. The highest BCUT2D eigenvalue weighted by Crippen LogP contribution is 2.50. The highest BCUT2D eigenvalue weighted by molar-refractivity contribution is 5.88. The standard InChI is InChI=1S/C43H68O23/c1-10-18(4)35(50)56-25-17-54-39(29(47)30(25)60-36(51)19(5)11-2)58-26-13-22(14-43(26,8)9)23(12-3)20(6)21(7)55-40-33(62-41-38(53)64-37(52)24(15-44)57-41)31(28(46)32(61-40)34(48)49)63-42-59-27(16-45)65-66-42/h10-11,20-33,37-42,44-47,52-53H,12-17H2,1-9H3,(H,48,49)/b18-10-,19-11-/t20-,21?,22+,23+,24?,25-,26?,27+,28-,29?,30?,31?,32?,33?,37+,38?,39-,40+,41-,42-/m0/s1. The first-order valence-corrected chi connectivity index (χ1v) is 22.2. The summed E-state index contributed by atoms with van der Waals surface area (Å²) >= 11 is 0. The van der Waals surface area contributed by atoms with Crippen LogP contribution < -0.4 is 0 Å². The quantitative estimate of drug-likeness (QED) is 0.0518. The first-order valence-electron chi connectivity index (χ1n) is 22.2. The molecule has 23 nitrogen and oxygen atoms in total. The normalized spacial score (nSPS) is 40.1. The fourth-order valence-electron chi connectivity index (χ4n) is 8.80. The third kappa shape index (κ3) is 12.7. The van der Waals surface area contributed by atoms with Gasteiger partial charge in [0.05, 0.1) is 32.0 Å². The smallest absolute Gasteiger partial charge is 0.335 e. The predicted molar refractivity (Wildman–Crippen MR) is 218 cm³/mol. The average Bonchev–Trinajstić information content (AvgIpc) is 3.86. The average molecular weight is 953 g/mol. The topological polar surface area (TPSA) is 313 Å². The van der Waals surface area contributed by atoms with Gasteiger partial charge in [-0.1, -0.05) is 46.3 Å². The van der Waals surface area contributed by atoms with E-state index in [1.165, 1.54) is 0 Å². The van der Waals surface area contributed by atoms with Gasteiger partial charge in [0, 0.05) is 11.1 Å². The molecule has 4 saturated heterocycles. The van der Waals surface area contributed by atoms with E-state index >= 15 is 0 Å². The summed E-state index contributed by atoms with van der Waals surface area (Å²) in [6.07, 6.45) is -18.7. The molecule has 4 aliphatic heterocycles. The fraction of sp³-hybridized carbons (Fsp3) is 0.837. The summed E-state index contributed by atoms with van der Waals surface area (Å²) in [5.41, 5.74) is 0.127. The minimum atomic E-state index is -2.00. The lowest BCUT2D eigenvalue weighted by molar-refractivity contribution is -0.430. The van der Waals surface area contributed by atoms with Crippen LogP contribution in [0.25, 0.3) is 0 Å². The maximum atomic E-state index is 12.9. The Kier molecular flexibility index (Phi) is 19.4. The van der Waals surface area contributed by atoms with Gasteiger partial charge < -0.3 is 83.1 Å². The van der Waals surface area contributed by atoms with Gasteiger partial charge >= 0.3 is 24.4 Å². The van der Waals surface area contributed by atoms with Gasteiger partial charge in [-0.25, -0.2) is 14.4 Å². The largest absolute Gasteiger partial charge is 0.479 e. The Labute approximate surface area is 382 Å². The number of hydrogen-bond acceptors (Lipinski definition) is 22. The Morgan fingerprint density at radius 1 is 0.773 bits per heavy atom. The number of aliphatic carboxylic acids is 1. The highest BCUT2D eigenvalue weighted by Gasteiger charge is 2.56. The maximum absolute atomic E-state index is 12.9. The minimum Gasteiger partial charge on any atom is -0.479 e. The number of carbonyl (C=O) groups is 3. The second-order valence-corrected chi connectivity index (χ2v) is 17.9. The lowest BCUT2D eigenvalue weighted by Crippen LogP contribution is -2.65. The molecular formula is C43H68O23. The number of rotatable bonds is 19. The van der Waals surface area contributed by atoms with Crippen molar-refractivity contribution in [2.45, 2.75) is 187 Å². The number of carbonyl (C=O) groups excluding carboxylic acids is 2. The second kappa shape index (κ2) is 23.7. The summed E-state index contributed by atoms with van der Waals surface area (Å²) in [7, 11) is 0. The van der Waals surface area contributed by atoms with E-state index in [0.717, 1.165) is 0 Å². The predicted octanol–water partition coefficient (Wildman–Crippen LogP) is 0.240. The van der Waals surface area contributed by atoms with Gasteiger partial charge in [-0.05, 0) is 70.6 Å². The van der Waals surface area contributed by atoms with Crippen LogP contribution in [0, 0.1) is 23.2 Å². The molecule has 0 aromatic heterocycles. The van der Waals surface area contributed by atoms with Crippen LogP contribution in [0.4, 0.5) is 0 Å². The Bertz CT molecular complexity index is 1670. The van der Waals surface area contributed by atoms with E-state index in [1.807, 2.05) is 27.7 Å². The Hall–Kier alpha value is -2.79. The summed E-state index contributed by atoms with van der Waals surface area (Å²) < 4.78 is 63.9. The highest BCUT2D eigenvalue weighted by atomic mass is 17.3. The molecule has 9 unspecified atom stereocenters. The molecule has 0 bridgehead atoms. The number of aliphatic hydroxyl groups excluding tert-OH is 6. The summed E-state index contributed by atoms with van der Waals surface area (Å²) in [6.45, 7) is 12.8. The summed E-state index contributed by atoms with van der Waals surface area (Å²) in [6, 6.07) is 0. The molecule has 66 heavy (non-hydrogen) atoms. The van der Waals surface area contributed by atoms with E-state index in [4.69, 9.17) is 61.9 Å². The van der Waals surface area contributed by atoms with Crippen LogP contribution in [0.2, 0.25) is 0 Å². The molecule has 5 aliphatic rings. The van der Waals surface area contributed by atoms with Gasteiger partial charge in [0.25, 0.3) is 0 Å². The number of hydrogen-bond donors (Lipinski definition) is 7. The summed E-state index contributed by atoms with van der Waals surface area (Å²) in [4.78, 5) is 47.9. The van der Waals surface area contributed by atoms with E-state index in [0.29, 0.717) is 24.8 Å². The molecule has 378 valence electrons. The fourth-order valence-corrected chi connectivity index (χ4v) is 8.80. The third-order valence-corrected chi connectivity index (χ3v) is 13.0. The van der Waals surface area contributed by atoms with Crippen LogP contribution in [0.1, 0.15) is 81.6 Å². The van der Waals surface area contributed by atoms with Crippen LogP contribution in [0.5, 0.6) is 0 Å². The van der Waals surface area contributed by atoms with Crippen LogP contribution in [0.15, 0.2) is 23.3 Å². The molecule has 0 amide bonds. The van der Waals surface area contributed by atoms with Crippen LogP contribution in [0.3, 0.4) is 0 Å². The Morgan fingerprint density at radius 3 is 2.03 bits per heavy atom. The van der Waals surface area contributed by atoms with Crippen LogP contribution in [-0.2, 0) is 76.3 Å². The van der Waals surface area contributed by atoms with Crippen molar-refractivity contribution in [3.8, 4) is 0 Å². The first kappa shape index (κ1) is 54.2. The lowest BCUT2D eigenvalue weighted by atomic mass is 9.76. The van der Waals surface area contributed by atoms with E-state index in [9.17, 15) is 50.1 Å². The molecule has 4 heterocycles. The molecule has 23 heteroatoms. The van der Waals surface area contributed by atoms with Crippen molar-refractivity contribution in [1.29, 1.82) is 0 Å². The van der Waals surface area contributed by atoms with Crippen LogP contribution >= 0.6 is 0 Å². The van der Waals surface area contributed by atoms with Gasteiger partial charge in [-0.2, -0.15) is 9.78 Å². The number of esters is 2. The molecule has 0 radical (unpaired) electrons. The molecular weight excluding hydrogens is 884 g/mol. The summed E-state index contributed by atoms with van der Waals surface area (Å²) in [5.74, 6) is -3.34. The summed E-state index contributed by atoms with van der Waals surface area (Å²) in [5, 5.41) is 73.1. The van der Waals surface area contributed by atoms with E-state index in [1.54, 1.807) is 46.8 Å². The maximum Gasteiger partial charge on any atom is 0.335 e. The number of allylic oxidation sites excluding steroid dienone is 2. The van der Waals surface area contributed by atoms with Crippen molar-refractivity contribution >= 4 is 17.9 Å². The minimum absolute atomic E-state index is 0.00911. The molecule has 7 N–H and O–H groups in total. The van der Waals surface area contributed by atoms with Gasteiger partial charge in [-0.3, -0.25) is 4.74 Å². The van der Waals surface area contributed by atoms with Crippen molar-refractivity contribution < 1.29 is 112 Å². The number of carboxylic acid groups (broad SMARTS) is 1. The van der Waals surface area contributed by atoms with Gasteiger partial charge in [0.1, 0.15) is 30.5 Å². The third-order valence-electron chi connectivity index (χ3n) is 13.0. The molecule has 5 rings (SSSR count). The Morgan fingerprint density at radius 2 is 1.44 bits per heavy atom. The first-order chi connectivity index (χ1) is 31.2. The number of ether oxygens (including phenoxy) is 11. The molecule has 1 saturated carbocycles. The van der Waals surface area contributed by atoms with Gasteiger partial charge in [-0.15, -0.1) is 0 Å². The molecule has 1 aliphatic carbocycles. The molecule has 0 spiro atoms. The molecule has 20 atom stereocenters. The van der Waals surface area contributed by atoms with Gasteiger partial charge in [0.2, 0.25) is 18.9 Å². The Balaban J connectivity index is 1.34. The van der Waals surface area contributed by atoms with E-state index < -0.39 is 142 Å². The van der Waals surface area contributed by atoms with Crippen molar-refractivity contribution in [1.82, 2.24) is 0 Å². The van der Waals surface area contributed by atoms with Gasteiger partial charge in [0.15, 0.2) is 37.2 Å². The molecule has 0 aromatic carbocycles. The van der Waals surface area contributed by atoms with Crippen molar-refractivity contribution in [3.63, 3.8) is 0 Å². The number of aliphatic hydroxyl groups is 6. The van der Waals surface area contributed by atoms with Crippen molar-refractivity contribution in [3.05, 3.63) is 23.3 Å². The molecule has 0 aromatic rings. The SMILES string of the molecule is C/C=C(/C)C(=O)OC1C(O)[C@H](OC2C[C@@H]([C@H](CC)[C@@H](C)C(C)O[C@@H]3OC(C(=O)O)[C@@H](O)C(O[C@H]4OO[C@H](CO)O4)C3O[C@@H]3OC(CO)[C@H](O)OC3O)CC2(C)C)OC[C@@H]1OC(=O)/C(C)=C\C. The zero-order valence-corrected chi connectivity index (χ0v) is 38.6. The van der Waals surface area contributed by atoms with E-state index in [2.05, 4.69) is 0 Å². The van der Waals surface area contributed by atoms with Crippen LogP contribution in [-0.4, -0.2) is 179 Å². The zero-order chi connectivity index (χ0) is 48.8. The monoisotopic (exact) mass is 952 g/mol. The zero-order valence-electron chi connectivity index (χ0n) is 38.6. The second-order valence-electron chi connectivity index (χ2n) is 17.9.